The van der Waals surface area contributed by atoms with Gasteiger partial charge in [-0.05, 0) is 28.4 Å². The Kier molecular flexibility index (Phi) is 5.68. The quantitative estimate of drug-likeness (QED) is 0.478. The molecule has 0 fully saturated rings. The van der Waals surface area contributed by atoms with Crippen molar-refractivity contribution in [3.8, 4) is 5.75 Å². The minimum atomic E-state index is -0.595. The van der Waals surface area contributed by atoms with Crippen LogP contribution < -0.4 is 4.74 Å². The third kappa shape index (κ3) is 4.00. The zero-order chi connectivity index (χ0) is 15.4. The first-order chi connectivity index (χ1) is 10.0. The monoisotopic (exact) mass is 386 g/mol. The Hall–Kier alpha value is -1.03. The lowest BCUT2D eigenvalue weighted by Crippen LogP contribution is -2.26. The number of ketones is 1. The van der Waals surface area contributed by atoms with E-state index in [-0.39, 0.29) is 5.78 Å². The molecule has 0 aliphatic rings. The SMILES string of the molecule is CCC(Oc1cc(Cl)c(Br)cc1Cl)C(=O)c1ccccc1. The highest BCUT2D eigenvalue weighted by Crippen LogP contribution is 2.35. The second-order valence-corrected chi connectivity index (χ2v) is 6.11. The van der Waals surface area contributed by atoms with E-state index in [1.807, 2.05) is 25.1 Å². The van der Waals surface area contributed by atoms with Crippen LogP contribution >= 0.6 is 39.1 Å². The molecule has 0 aliphatic carbocycles. The number of hydrogen-bond donors (Lipinski definition) is 0. The molecule has 0 bridgehead atoms. The topological polar surface area (TPSA) is 26.3 Å². The molecule has 0 saturated heterocycles. The van der Waals surface area contributed by atoms with E-state index in [2.05, 4.69) is 15.9 Å². The van der Waals surface area contributed by atoms with E-state index in [0.29, 0.717) is 32.3 Å². The van der Waals surface area contributed by atoms with Gasteiger partial charge in [0.05, 0.1) is 10.0 Å². The summed E-state index contributed by atoms with van der Waals surface area (Å²) in [6.45, 7) is 1.89. The normalized spacial score (nSPS) is 12.0. The van der Waals surface area contributed by atoms with E-state index < -0.39 is 6.10 Å². The molecule has 0 N–H and O–H groups in total. The van der Waals surface area contributed by atoms with Crippen LogP contribution in [0.2, 0.25) is 10.0 Å². The Morgan fingerprint density at radius 1 is 1.19 bits per heavy atom. The predicted octanol–water partition coefficient (Wildman–Crippen LogP) is 5.80. The zero-order valence-electron chi connectivity index (χ0n) is 11.3. The summed E-state index contributed by atoms with van der Waals surface area (Å²) in [6.07, 6.45) is -0.0558. The number of benzene rings is 2. The first-order valence-electron chi connectivity index (χ1n) is 6.43. The molecule has 1 atom stereocenters. The van der Waals surface area contributed by atoms with Crippen molar-refractivity contribution < 1.29 is 9.53 Å². The number of hydrogen-bond acceptors (Lipinski definition) is 2. The van der Waals surface area contributed by atoms with Crippen molar-refractivity contribution >= 4 is 44.9 Å². The van der Waals surface area contributed by atoms with Crippen molar-refractivity contribution in [3.05, 3.63) is 62.5 Å². The van der Waals surface area contributed by atoms with Crippen LogP contribution in [0.3, 0.4) is 0 Å². The van der Waals surface area contributed by atoms with E-state index in [1.54, 1.807) is 24.3 Å². The number of carbonyl (C=O) groups excluding carboxylic acids is 1. The summed E-state index contributed by atoms with van der Waals surface area (Å²) in [4.78, 5) is 12.4. The van der Waals surface area contributed by atoms with Crippen molar-refractivity contribution in [2.45, 2.75) is 19.4 Å². The molecule has 5 heteroatoms. The summed E-state index contributed by atoms with van der Waals surface area (Å²) in [5, 5.41) is 0.891. The summed E-state index contributed by atoms with van der Waals surface area (Å²) in [7, 11) is 0. The van der Waals surface area contributed by atoms with Gasteiger partial charge < -0.3 is 4.74 Å². The Bertz CT molecular complexity index is 644. The highest BCUT2D eigenvalue weighted by atomic mass is 79.9. The Labute approximate surface area is 142 Å². The fraction of sp³-hybridized carbons (Fsp3) is 0.188. The molecule has 2 rings (SSSR count). The fourth-order valence-corrected chi connectivity index (χ4v) is 2.70. The molecule has 21 heavy (non-hydrogen) atoms. The van der Waals surface area contributed by atoms with Gasteiger partial charge in [-0.25, -0.2) is 0 Å². The van der Waals surface area contributed by atoms with Crippen LogP contribution in [0.15, 0.2) is 46.9 Å². The molecule has 2 nitrogen and oxygen atoms in total. The molecule has 0 saturated carbocycles. The number of rotatable bonds is 5. The second-order valence-electron chi connectivity index (χ2n) is 4.44. The molecule has 2 aromatic rings. The average Bonchev–Trinajstić information content (AvgIpc) is 2.50. The van der Waals surface area contributed by atoms with Crippen LogP contribution in [-0.4, -0.2) is 11.9 Å². The maximum absolute atomic E-state index is 12.4. The number of carbonyl (C=O) groups is 1. The van der Waals surface area contributed by atoms with Gasteiger partial charge in [0, 0.05) is 16.1 Å². The van der Waals surface area contributed by atoms with Crippen molar-refractivity contribution in [3.63, 3.8) is 0 Å². The van der Waals surface area contributed by atoms with Crippen molar-refractivity contribution in [1.29, 1.82) is 0 Å². The molecule has 110 valence electrons. The summed E-state index contributed by atoms with van der Waals surface area (Å²) >= 11 is 15.5. The molecule has 0 spiro atoms. The highest BCUT2D eigenvalue weighted by Gasteiger charge is 2.21. The number of ether oxygens (including phenoxy) is 1. The molecule has 0 aromatic heterocycles. The molecular weight excluding hydrogens is 375 g/mol. The number of halogens is 3. The maximum Gasteiger partial charge on any atom is 0.203 e. The minimum Gasteiger partial charge on any atom is -0.481 e. The minimum absolute atomic E-state index is 0.0757. The van der Waals surface area contributed by atoms with E-state index in [9.17, 15) is 4.79 Å². The molecule has 0 amide bonds. The fourth-order valence-electron chi connectivity index (χ4n) is 1.86. The van der Waals surface area contributed by atoms with Gasteiger partial charge in [0.1, 0.15) is 5.75 Å². The largest absolute Gasteiger partial charge is 0.481 e. The first kappa shape index (κ1) is 16.3. The third-order valence-electron chi connectivity index (χ3n) is 2.97. The van der Waals surface area contributed by atoms with Crippen LogP contribution in [-0.2, 0) is 0 Å². The lowest BCUT2D eigenvalue weighted by Gasteiger charge is -2.18. The van der Waals surface area contributed by atoms with Gasteiger partial charge >= 0.3 is 0 Å². The molecule has 1 unspecified atom stereocenters. The van der Waals surface area contributed by atoms with Gasteiger partial charge in [0.25, 0.3) is 0 Å². The lowest BCUT2D eigenvalue weighted by molar-refractivity contribution is 0.0787. The summed E-state index contributed by atoms with van der Waals surface area (Å²) in [6, 6.07) is 12.3. The van der Waals surface area contributed by atoms with E-state index in [4.69, 9.17) is 27.9 Å². The molecular formula is C16H13BrCl2O2. The summed E-state index contributed by atoms with van der Waals surface area (Å²) in [5.74, 6) is 0.328. The van der Waals surface area contributed by atoms with E-state index in [0.717, 1.165) is 0 Å². The molecule has 2 aromatic carbocycles. The molecule has 0 aliphatic heterocycles. The summed E-state index contributed by atoms with van der Waals surface area (Å²) < 4.78 is 6.44. The predicted molar refractivity (Wildman–Crippen MR) is 89.6 cm³/mol. The standard InChI is InChI=1S/C16H13BrCl2O2/c1-2-14(16(20)10-6-4-3-5-7-10)21-15-9-12(18)11(17)8-13(15)19/h3-9,14H,2H2,1H3. The van der Waals surface area contributed by atoms with Gasteiger partial charge in [-0.15, -0.1) is 0 Å². The van der Waals surface area contributed by atoms with E-state index in [1.165, 1.54) is 0 Å². The van der Waals surface area contributed by atoms with Gasteiger partial charge in [-0.2, -0.15) is 0 Å². The number of Topliss-reactive ketones (excluding diaryl/α,β-unsaturated/α-hetero) is 1. The van der Waals surface area contributed by atoms with E-state index >= 15 is 0 Å². The molecule has 0 heterocycles. The third-order valence-corrected chi connectivity index (χ3v) is 4.46. The van der Waals surface area contributed by atoms with Gasteiger partial charge in [0.2, 0.25) is 5.78 Å². The zero-order valence-corrected chi connectivity index (χ0v) is 14.4. The highest BCUT2D eigenvalue weighted by molar-refractivity contribution is 9.10. The smallest absolute Gasteiger partial charge is 0.203 e. The van der Waals surface area contributed by atoms with Crippen LogP contribution in [0.25, 0.3) is 0 Å². The second kappa shape index (κ2) is 7.30. The van der Waals surface area contributed by atoms with Gasteiger partial charge in [-0.3, -0.25) is 4.79 Å². The van der Waals surface area contributed by atoms with Crippen LogP contribution in [0.1, 0.15) is 23.7 Å². The Morgan fingerprint density at radius 3 is 2.48 bits per heavy atom. The Morgan fingerprint density at radius 2 is 1.86 bits per heavy atom. The average molecular weight is 388 g/mol. The Balaban J connectivity index is 2.24. The van der Waals surface area contributed by atoms with Crippen molar-refractivity contribution in [2.24, 2.45) is 0 Å². The molecule has 0 radical (unpaired) electrons. The summed E-state index contributed by atoms with van der Waals surface area (Å²) in [5.41, 5.74) is 0.615. The van der Waals surface area contributed by atoms with Gasteiger partial charge in [-0.1, -0.05) is 60.5 Å². The van der Waals surface area contributed by atoms with Crippen LogP contribution in [0.5, 0.6) is 5.75 Å². The van der Waals surface area contributed by atoms with Crippen molar-refractivity contribution in [1.82, 2.24) is 0 Å². The van der Waals surface area contributed by atoms with Crippen LogP contribution in [0.4, 0.5) is 0 Å². The lowest BCUT2D eigenvalue weighted by atomic mass is 10.0. The van der Waals surface area contributed by atoms with Crippen molar-refractivity contribution in [2.75, 3.05) is 0 Å². The van der Waals surface area contributed by atoms with Gasteiger partial charge in [0.15, 0.2) is 6.10 Å². The maximum atomic E-state index is 12.4. The van der Waals surface area contributed by atoms with Crippen LogP contribution in [0, 0.1) is 0 Å². The first-order valence-corrected chi connectivity index (χ1v) is 7.98.